The third-order valence-electron chi connectivity index (χ3n) is 6.83. The summed E-state index contributed by atoms with van der Waals surface area (Å²) >= 11 is 0. The number of carbonyl (C=O) groups is 1. The average Bonchev–Trinajstić information content (AvgIpc) is 3.64. The van der Waals surface area contributed by atoms with E-state index in [1.807, 2.05) is 12.1 Å². The second kappa shape index (κ2) is 9.37. The van der Waals surface area contributed by atoms with E-state index in [9.17, 15) is 14.0 Å². The van der Waals surface area contributed by atoms with E-state index < -0.39 is 23.0 Å². The fourth-order valence-electron chi connectivity index (χ4n) is 4.68. The number of H-pyrrole nitrogens is 1. The monoisotopic (exact) mass is 511 g/mol. The van der Waals surface area contributed by atoms with E-state index in [0.717, 1.165) is 29.3 Å². The first kappa shape index (κ1) is 23.8. The standard InChI is InChI=1S/C30H23F2N3O3/c1-17-2-10-23(30(37)35(17)22-8-6-21(31)7-9-22)27(36)13-18-3-11-28(25(32)12-18)38-29-14-20-16-33-34-26(20)15-24(29)19-4-5-19/h2-3,6-12,14-16,19H,4-5,13H2,1H3,(H,33,34). The van der Waals surface area contributed by atoms with Crippen molar-refractivity contribution in [3.8, 4) is 17.2 Å². The maximum absolute atomic E-state index is 15.1. The van der Waals surface area contributed by atoms with Gasteiger partial charge in [-0.1, -0.05) is 6.07 Å². The van der Waals surface area contributed by atoms with Crippen molar-refractivity contribution in [3.05, 3.63) is 117 Å². The van der Waals surface area contributed by atoms with Gasteiger partial charge in [-0.05, 0) is 91.9 Å². The van der Waals surface area contributed by atoms with Crippen molar-refractivity contribution in [1.82, 2.24) is 14.8 Å². The molecular formula is C30H23F2N3O3. The highest BCUT2D eigenvalue weighted by Gasteiger charge is 2.28. The molecule has 0 spiro atoms. The molecule has 0 unspecified atom stereocenters. The fraction of sp³-hybridized carbons (Fsp3) is 0.167. The lowest BCUT2D eigenvalue weighted by atomic mass is 10.0. The molecule has 0 atom stereocenters. The molecule has 0 saturated heterocycles. The number of fused-ring (bicyclic) bond motifs is 1. The number of aromatic amines is 1. The molecule has 0 radical (unpaired) electrons. The van der Waals surface area contributed by atoms with Crippen LogP contribution in [-0.4, -0.2) is 20.5 Å². The van der Waals surface area contributed by atoms with Crippen LogP contribution in [0.15, 0.2) is 77.7 Å². The molecule has 38 heavy (non-hydrogen) atoms. The Morgan fingerprint density at radius 3 is 2.55 bits per heavy atom. The molecule has 5 aromatic rings. The van der Waals surface area contributed by atoms with Crippen LogP contribution in [0, 0.1) is 18.6 Å². The van der Waals surface area contributed by atoms with Gasteiger partial charge >= 0.3 is 0 Å². The van der Waals surface area contributed by atoms with E-state index in [2.05, 4.69) is 10.2 Å². The van der Waals surface area contributed by atoms with Crippen molar-refractivity contribution in [2.75, 3.05) is 0 Å². The highest BCUT2D eigenvalue weighted by Crippen LogP contribution is 2.46. The second-order valence-electron chi connectivity index (χ2n) is 9.59. The van der Waals surface area contributed by atoms with Gasteiger partial charge in [-0.15, -0.1) is 0 Å². The molecule has 1 aliphatic rings. The van der Waals surface area contributed by atoms with Crippen LogP contribution in [0.2, 0.25) is 0 Å². The SMILES string of the molecule is Cc1ccc(C(=O)Cc2ccc(Oc3cc4cn[nH]c4cc3C3CC3)c(F)c2)c(=O)n1-c1ccc(F)cc1. The molecule has 8 heteroatoms. The number of Topliss-reactive ketones (excluding diaryl/α,β-unsaturated/α-hetero) is 1. The summed E-state index contributed by atoms with van der Waals surface area (Å²) < 4.78 is 35.8. The molecule has 6 rings (SSSR count). The summed E-state index contributed by atoms with van der Waals surface area (Å²) in [5.74, 6) is -0.444. The molecule has 190 valence electrons. The Bertz CT molecular complexity index is 1750. The first-order valence-electron chi connectivity index (χ1n) is 12.3. The fourth-order valence-corrected chi connectivity index (χ4v) is 4.68. The number of hydrogen-bond donors (Lipinski definition) is 1. The number of carbonyl (C=O) groups excluding carboxylic acids is 1. The molecule has 1 saturated carbocycles. The number of aromatic nitrogens is 3. The van der Waals surface area contributed by atoms with E-state index in [4.69, 9.17) is 4.74 Å². The smallest absolute Gasteiger partial charge is 0.266 e. The topological polar surface area (TPSA) is 77.0 Å². The Balaban J connectivity index is 1.25. The lowest BCUT2D eigenvalue weighted by Crippen LogP contribution is -2.27. The summed E-state index contributed by atoms with van der Waals surface area (Å²) in [4.78, 5) is 26.2. The van der Waals surface area contributed by atoms with Gasteiger partial charge in [0, 0.05) is 28.8 Å². The number of nitrogens with zero attached hydrogens (tertiary/aromatic N) is 2. The van der Waals surface area contributed by atoms with Crippen LogP contribution in [0.5, 0.6) is 11.5 Å². The van der Waals surface area contributed by atoms with Gasteiger partial charge in [0.25, 0.3) is 5.56 Å². The summed E-state index contributed by atoms with van der Waals surface area (Å²) in [6.45, 7) is 1.73. The van der Waals surface area contributed by atoms with Crippen LogP contribution in [0.1, 0.15) is 45.9 Å². The average molecular weight is 512 g/mol. The van der Waals surface area contributed by atoms with Crippen LogP contribution in [0.3, 0.4) is 0 Å². The molecule has 6 nitrogen and oxygen atoms in total. The number of aryl methyl sites for hydroxylation is 1. The molecule has 1 aliphatic carbocycles. The van der Waals surface area contributed by atoms with Gasteiger partial charge in [0.15, 0.2) is 17.3 Å². The molecular weight excluding hydrogens is 488 g/mol. The number of nitrogens with one attached hydrogen (secondary N) is 1. The number of pyridine rings is 1. The van der Waals surface area contributed by atoms with Gasteiger partial charge in [-0.3, -0.25) is 19.3 Å². The molecule has 2 heterocycles. The van der Waals surface area contributed by atoms with E-state index in [1.165, 1.54) is 47.0 Å². The zero-order valence-corrected chi connectivity index (χ0v) is 20.5. The summed E-state index contributed by atoms with van der Waals surface area (Å²) in [6.07, 6.45) is 3.65. The molecule has 0 bridgehead atoms. The maximum atomic E-state index is 15.1. The highest BCUT2D eigenvalue weighted by molar-refractivity contribution is 5.97. The van der Waals surface area contributed by atoms with Crippen LogP contribution >= 0.6 is 0 Å². The Labute approximate surface area is 216 Å². The Morgan fingerprint density at radius 2 is 1.82 bits per heavy atom. The van der Waals surface area contributed by atoms with Gasteiger partial charge in [0.2, 0.25) is 0 Å². The van der Waals surface area contributed by atoms with Gasteiger partial charge < -0.3 is 4.74 Å². The number of benzene rings is 3. The first-order chi connectivity index (χ1) is 18.4. The van der Waals surface area contributed by atoms with Gasteiger partial charge in [0.05, 0.1) is 17.3 Å². The second-order valence-corrected chi connectivity index (χ2v) is 9.59. The maximum Gasteiger partial charge on any atom is 0.266 e. The Kier molecular flexibility index (Phi) is 5.87. The zero-order valence-electron chi connectivity index (χ0n) is 20.5. The molecule has 3 aromatic carbocycles. The third kappa shape index (κ3) is 4.49. The normalized spacial score (nSPS) is 13.1. The molecule has 0 amide bonds. The minimum absolute atomic E-state index is 0.0249. The van der Waals surface area contributed by atoms with Crippen LogP contribution < -0.4 is 10.3 Å². The van der Waals surface area contributed by atoms with Crippen molar-refractivity contribution < 1.29 is 18.3 Å². The van der Waals surface area contributed by atoms with Gasteiger partial charge in [0.1, 0.15) is 11.6 Å². The number of ketones is 1. The van der Waals surface area contributed by atoms with Crippen molar-refractivity contribution >= 4 is 16.7 Å². The Morgan fingerprint density at radius 1 is 1.03 bits per heavy atom. The largest absolute Gasteiger partial charge is 0.454 e. The van der Waals surface area contributed by atoms with Crippen molar-refractivity contribution in [2.45, 2.75) is 32.1 Å². The summed E-state index contributed by atoms with van der Waals surface area (Å²) in [6, 6.07) is 16.8. The predicted molar refractivity (Wildman–Crippen MR) is 139 cm³/mol. The molecule has 0 aliphatic heterocycles. The number of halogens is 2. The minimum Gasteiger partial charge on any atom is -0.454 e. The van der Waals surface area contributed by atoms with E-state index in [1.54, 1.807) is 25.3 Å². The van der Waals surface area contributed by atoms with Crippen molar-refractivity contribution in [3.63, 3.8) is 0 Å². The quantitative estimate of drug-likeness (QED) is 0.257. The lowest BCUT2D eigenvalue weighted by Gasteiger charge is -2.13. The van der Waals surface area contributed by atoms with Crippen LogP contribution in [0.25, 0.3) is 16.6 Å². The number of ether oxygens (including phenoxy) is 1. The summed E-state index contributed by atoms with van der Waals surface area (Å²) in [5, 5.41) is 7.89. The van der Waals surface area contributed by atoms with Crippen LogP contribution in [-0.2, 0) is 6.42 Å². The first-order valence-corrected chi connectivity index (χ1v) is 12.3. The molecule has 1 N–H and O–H groups in total. The lowest BCUT2D eigenvalue weighted by molar-refractivity contribution is 0.0991. The molecule has 1 fully saturated rings. The summed E-state index contributed by atoms with van der Waals surface area (Å²) in [5.41, 5.74) is 2.86. The number of hydrogen-bond acceptors (Lipinski definition) is 4. The van der Waals surface area contributed by atoms with Crippen molar-refractivity contribution in [2.24, 2.45) is 0 Å². The summed E-state index contributed by atoms with van der Waals surface area (Å²) in [7, 11) is 0. The van der Waals surface area contributed by atoms with E-state index in [0.29, 0.717) is 28.6 Å². The van der Waals surface area contributed by atoms with Crippen molar-refractivity contribution in [1.29, 1.82) is 0 Å². The van der Waals surface area contributed by atoms with E-state index >= 15 is 4.39 Å². The van der Waals surface area contributed by atoms with Crippen LogP contribution in [0.4, 0.5) is 8.78 Å². The van der Waals surface area contributed by atoms with Gasteiger partial charge in [-0.25, -0.2) is 8.78 Å². The highest BCUT2D eigenvalue weighted by atomic mass is 19.1. The minimum atomic E-state index is -0.600. The van der Waals surface area contributed by atoms with E-state index in [-0.39, 0.29) is 17.7 Å². The van der Waals surface area contributed by atoms with Gasteiger partial charge in [-0.2, -0.15) is 5.10 Å². The zero-order chi connectivity index (χ0) is 26.4. The molecule has 2 aromatic heterocycles. The predicted octanol–water partition coefficient (Wildman–Crippen LogP) is 6.40. The number of rotatable bonds is 7. The Hall–Kier alpha value is -4.59. The third-order valence-corrected chi connectivity index (χ3v) is 6.83.